The number of carbonyl (C=O) groups excluding carboxylic acids is 1. The summed E-state index contributed by atoms with van der Waals surface area (Å²) in [5, 5.41) is 18.5. The number of aliphatic hydroxyl groups excluding tert-OH is 1. The van der Waals surface area contributed by atoms with Crippen molar-refractivity contribution in [2.75, 3.05) is 0 Å². The molecule has 3 atom stereocenters. The third-order valence-electron chi connectivity index (χ3n) is 6.17. The lowest BCUT2D eigenvalue weighted by molar-refractivity contribution is -0.207. The zero-order valence-electron chi connectivity index (χ0n) is 20.0. The number of pyridine rings is 1. The van der Waals surface area contributed by atoms with Gasteiger partial charge in [0.1, 0.15) is 24.8 Å². The zero-order chi connectivity index (χ0) is 27.9. The Morgan fingerprint density at radius 3 is 2.54 bits per heavy atom. The molecular formula is C24H20ClF4N7O3. The first-order valence-corrected chi connectivity index (χ1v) is 12.1. The van der Waals surface area contributed by atoms with Crippen LogP contribution in [0.3, 0.4) is 0 Å². The summed E-state index contributed by atoms with van der Waals surface area (Å²) < 4.78 is 55.5. The van der Waals surface area contributed by atoms with Gasteiger partial charge in [-0.25, -0.2) is 23.5 Å². The fourth-order valence-electron chi connectivity index (χ4n) is 3.98. The molecule has 204 valence electrons. The van der Waals surface area contributed by atoms with Gasteiger partial charge in [-0.15, -0.1) is 10.2 Å². The zero-order valence-corrected chi connectivity index (χ0v) is 20.7. The first-order chi connectivity index (χ1) is 18.5. The van der Waals surface area contributed by atoms with Crippen LogP contribution in [-0.2, 0) is 24.3 Å². The van der Waals surface area contributed by atoms with Gasteiger partial charge in [0.15, 0.2) is 17.8 Å². The summed E-state index contributed by atoms with van der Waals surface area (Å²) in [5.41, 5.74) is 0.177. The van der Waals surface area contributed by atoms with Crippen molar-refractivity contribution < 1.29 is 27.5 Å². The van der Waals surface area contributed by atoms with Crippen LogP contribution < -0.4 is 5.69 Å². The number of halogens is 5. The van der Waals surface area contributed by atoms with Crippen LogP contribution in [0.5, 0.6) is 0 Å². The number of benzene rings is 1. The second-order valence-electron chi connectivity index (χ2n) is 9.01. The van der Waals surface area contributed by atoms with Gasteiger partial charge < -0.3 is 5.11 Å². The van der Waals surface area contributed by atoms with Crippen LogP contribution in [0, 0.1) is 5.92 Å². The molecular weight excluding hydrogens is 546 g/mol. The van der Waals surface area contributed by atoms with E-state index in [0.29, 0.717) is 22.0 Å². The molecule has 1 aliphatic carbocycles. The monoisotopic (exact) mass is 565 g/mol. The van der Waals surface area contributed by atoms with Gasteiger partial charge in [-0.2, -0.15) is 13.2 Å². The van der Waals surface area contributed by atoms with Gasteiger partial charge in [0.25, 0.3) is 0 Å². The van der Waals surface area contributed by atoms with Crippen LogP contribution in [-0.4, -0.2) is 63.4 Å². The number of carbonyl (C=O) groups is 1. The third kappa shape index (κ3) is 5.76. The fraction of sp³-hybridized carbons (Fsp3) is 0.333. The van der Waals surface area contributed by atoms with E-state index >= 15 is 0 Å². The molecule has 0 saturated heterocycles. The molecule has 3 aromatic heterocycles. The van der Waals surface area contributed by atoms with Crippen molar-refractivity contribution in [2.45, 2.75) is 44.4 Å². The normalized spacial score (nSPS) is 17.8. The second-order valence-corrected chi connectivity index (χ2v) is 9.45. The van der Waals surface area contributed by atoms with E-state index in [4.69, 9.17) is 11.6 Å². The van der Waals surface area contributed by atoms with Crippen molar-refractivity contribution in [3.63, 3.8) is 0 Å². The molecule has 39 heavy (non-hydrogen) atoms. The number of hydrogen-bond donors (Lipinski definition) is 1. The van der Waals surface area contributed by atoms with E-state index in [1.165, 1.54) is 41.5 Å². The lowest BCUT2D eigenvalue weighted by Gasteiger charge is -2.15. The summed E-state index contributed by atoms with van der Waals surface area (Å²) in [4.78, 5) is 33.7. The van der Waals surface area contributed by atoms with Crippen molar-refractivity contribution in [2.24, 2.45) is 5.92 Å². The maximum Gasteiger partial charge on any atom is 0.416 e. The fourth-order valence-corrected chi connectivity index (χ4v) is 4.11. The van der Waals surface area contributed by atoms with E-state index in [1.54, 1.807) is 12.1 Å². The van der Waals surface area contributed by atoms with Crippen LogP contribution in [0.15, 0.2) is 53.7 Å². The highest BCUT2D eigenvalue weighted by atomic mass is 35.5. The summed E-state index contributed by atoms with van der Waals surface area (Å²) in [6.07, 6.45) is -5.96. The van der Waals surface area contributed by atoms with E-state index in [0.717, 1.165) is 9.25 Å². The van der Waals surface area contributed by atoms with Crippen molar-refractivity contribution in [3.05, 3.63) is 75.9 Å². The van der Waals surface area contributed by atoms with E-state index in [1.807, 2.05) is 0 Å². The highest BCUT2D eigenvalue weighted by Crippen LogP contribution is 2.35. The third-order valence-corrected chi connectivity index (χ3v) is 6.42. The molecule has 0 spiro atoms. The Labute approximate surface area is 222 Å². The van der Waals surface area contributed by atoms with Crippen molar-refractivity contribution >= 4 is 17.4 Å². The quantitative estimate of drug-likeness (QED) is 0.310. The van der Waals surface area contributed by atoms with Crippen LogP contribution >= 0.6 is 11.6 Å². The largest absolute Gasteiger partial charge is 0.416 e. The molecule has 15 heteroatoms. The smallest absolute Gasteiger partial charge is 0.382 e. The Balaban J connectivity index is 1.43. The predicted molar refractivity (Wildman–Crippen MR) is 129 cm³/mol. The minimum Gasteiger partial charge on any atom is -0.382 e. The molecule has 1 fully saturated rings. The average molecular weight is 566 g/mol. The molecule has 3 heterocycles. The van der Waals surface area contributed by atoms with E-state index < -0.39 is 36.6 Å². The van der Waals surface area contributed by atoms with Gasteiger partial charge in [0.05, 0.1) is 30.3 Å². The van der Waals surface area contributed by atoms with Gasteiger partial charge >= 0.3 is 11.9 Å². The number of hydrogen-bond acceptors (Lipinski definition) is 7. The Morgan fingerprint density at radius 2 is 1.87 bits per heavy atom. The maximum atomic E-state index is 13.3. The minimum atomic E-state index is -4.95. The van der Waals surface area contributed by atoms with Crippen molar-refractivity contribution in [3.8, 4) is 17.1 Å². The summed E-state index contributed by atoms with van der Waals surface area (Å²) >= 11 is 5.90. The first-order valence-electron chi connectivity index (χ1n) is 11.7. The molecule has 0 aliphatic heterocycles. The van der Waals surface area contributed by atoms with Crippen LogP contribution in [0.25, 0.3) is 17.1 Å². The summed E-state index contributed by atoms with van der Waals surface area (Å²) in [7, 11) is 0. The van der Waals surface area contributed by atoms with Crippen LogP contribution in [0.4, 0.5) is 17.6 Å². The number of alkyl halides is 4. The van der Waals surface area contributed by atoms with Crippen molar-refractivity contribution in [1.29, 1.82) is 0 Å². The summed E-state index contributed by atoms with van der Waals surface area (Å²) in [5.74, 6) is -0.916. The van der Waals surface area contributed by atoms with Gasteiger partial charge in [-0.1, -0.05) is 11.6 Å². The highest BCUT2D eigenvalue weighted by Gasteiger charge is 2.43. The predicted octanol–water partition coefficient (Wildman–Crippen LogP) is 2.78. The van der Waals surface area contributed by atoms with E-state index in [9.17, 15) is 32.3 Å². The number of nitrogens with zero attached hydrogens (tertiary/aromatic N) is 7. The lowest BCUT2D eigenvalue weighted by atomic mass is 10.1. The Hall–Kier alpha value is -3.91. The topological polar surface area (TPSA) is 121 Å². The molecule has 0 radical (unpaired) electrons. The van der Waals surface area contributed by atoms with Crippen molar-refractivity contribution in [1.82, 2.24) is 34.1 Å². The number of aliphatic hydroxyl groups is 1. The Bertz CT molecular complexity index is 1560. The summed E-state index contributed by atoms with van der Waals surface area (Å²) in [6.45, 7) is -1.38. The molecule has 4 aromatic rings. The molecule has 0 unspecified atom stereocenters. The standard InChI is InChI=1S/C24H20ClF4N7O3/c25-14-5-3-13(4-6-14)22-33-35(23(39)34(22)10-20(38)24(27,28)29)11-21-31-12-36(32-21)18-2-1-7-30-17(18)9-19(37)15-8-16(15)26/h1-7,12,15-16,20,38H,8-11H2/t15-,16-,20+/m1/s1. The van der Waals surface area contributed by atoms with Crippen LogP contribution in [0.2, 0.25) is 5.02 Å². The Morgan fingerprint density at radius 1 is 1.15 bits per heavy atom. The number of ketones is 1. The van der Waals surface area contributed by atoms with Gasteiger partial charge in [-0.05, 0) is 42.8 Å². The second kappa shape index (κ2) is 10.3. The molecule has 1 aliphatic rings. The lowest BCUT2D eigenvalue weighted by Crippen LogP contribution is -2.37. The van der Waals surface area contributed by atoms with Gasteiger partial charge in [0.2, 0.25) is 0 Å². The van der Waals surface area contributed by atoms with Crippen LogP contribution in [0.1, 0.15) is 17.9 Å². The molecule has 10 nitrogen and oxygen atoms in total. The molecule has 1 aromatic carbocycles. The first kappa shape index (κ1) is 26.7. The number of rotatable bonds is 9. The molecule has 1 N–H and O–H groups in total. The van der Waals surface area contributed by atoms with Gasteiger partial charge in [-0.3, -0.25) is 14.3 Å². The maximum absolute atomic E-state index is 13.3. The van der Waals surface area contributed by atoms with E-state index in [2.05, 4.69) is 20.2 Å². The molecule has 0 bridgehead atoms. The average Bonchev–Trinajstić information content (AvgIpc) is 3.32. The minimum absolute atomic E-state index is 0.0907. The highest BCUT2D eigenvalue weighted by molar-refractivity contribution is 6.30. The van der Waals surface area contributed by atoms with E-state index in [-0.39, 0.29) is 36.8 Å². The van der Waals surface area contributed by atoms with Gasteiger partial charge in [0, 0.05) is 16.8 Å². The number of aromatic nitrogens is 7. The molecule has 5 rings (SSSR count). The molecule has 1 saturated carbocycles. The Kier molecular flexibility index (Phi) is 7.07. The summed E-state index contributed by atoms with van der Waals surface area (Å²) in [6, 6.07) is 9.20. The SMILES string of the molecule is O=C(Cc1ncccc1-n1cnc(Cn2nc(-c3ccc(Cl)cc3)n(C[C@H](O)C(F)(F)F)c2=O)n1)[C@@H]1C[C@H]1F. The number of Topliss-reactive ketones (excluding diaryl/α,β-unsaturated/α-hetero) is 1. The molecule has 0 amide bonds.